The van der Waals surface area contributed by atoms with Crippen LogP contribution in [0, 0.1) is 0 Å². The van der Waals surface area contributed by atoms with E-state index in [-0.39, 0.29) is 11.3 Å². The predicted molar refractivity (Wildman–Crippen MR) is 174 cm³/mol. The van der Waals surface area contributed by atoms with Crippen molar-refractivity contribution < 1.29 is 104 Å². The number of aliphatic hydroxyl groups is 7. The van der Waals surface area contributed by atoms with Crippen molar-refractivity contribution in [3.8, 4) is 40.1 Å². The number of carbonyl (C=O) groups excluding carboxylic acids is 1. The molecule has 2 aliphatic heterocycles. The molecule has 55 heavy (non-hydrogen) atoms. The molecule has 5 rings (SSSR count). The average Bonchev–Trinajstić information content (AvgIpc) is 3.09. The van der Waals surface area contributed by atoms with Crippen molar-refractivity contribution in [1.82, 2.24) is 0 Å². The summed E-state index contributed by atoms with van der Waals surface area (Å²) < 4.78 is 32.1. The van der Waals surface area contributed by atoms with Gasteiger partial charge in [-0.25, -0.2) is 4.79 Å². The van der Waals surface area contributed by atoms with Gasteiger partial charge in [0.15, 0.2) is 34.5 Å². The summed E-state index contributed by atoms with van der Waals surface area (Å²) in [5.74, 6) is -8.38. The summed E-state index contributed by atoms with van der Waals surface area (Å²) in [6.07, 6.45) is -21.0. The minimum atomic E-state index is -2.04. The fraction of sp³-hybridized carbons (Fsp3) is 0.455. The topological polar surface area (TPSA) is 370 Å². The number of fused-ring (bicyclic) bond motifs is 1. The molecule has 11 atom stereocenters. The molecule has 0 spiro atoms. The van der Waals surface area contributed by atoms with Gasteiger partial charge < -0.3 is 89.4 Å². The van der Waals surface area contributed by atoms with Gasteiger partial charge in [0.2, 0.25) is 18.3 Å². The fourth-order valence-electron chi connectivity index (χ4n) is 5.74. The van der Waals surface area contributed by atoms with Crippen LogP contribution >= 0.6 is 0 Å². The number of aliphatic hydroxyl groups excluding tert-OH is 6. The molecule has 11 unspecified atom stereocenters. The lowest BCUT2D eigenvalue weighted by atomic mass is 9.98. The first-order valence-corrected chi connectivity index (χ1v) is 16.1. The lowest BCUT2D eigenvalue weighted by Gasteiger charge is -2.40. The van der Waals surface area contributed by atoms with Gasteiger partial charge in [0.1, 0.15) is 66.1 Å². The van der Waals surface area contributed by atoms with Gasteiger partial charge in [0.25, 0.3) is 0 Å². The molecule has 0 amide bonds. The fourth-order valence-corrected chi connectivity index (χ4v) is 5.74. The SMILES string of the molecule is CC(O)(CC(=O)O)CC(=O)OCC1OC(Oc2cc3oc(-c4ccc(O)c(OC5OC(C(=O)O)C(O)C(O)C5O)c4)cc(=O)c3c(O)c2O)C(O)C(O)C1O. The van der Waals surface area contributed by atoms with Gasteiger partial charge >= 0.3 is 17.9 Å². The molecular formula is C33H36O22. The number of aromatic hydroxyl groups is 3. The van der Waals surface area contributed by atoms with Crippen LogP contribution in [0.5, 0.6) is 28.7 Å². The van der Waals surface area contributed by atoms with E-state index in [1.807, 2.05) is 0 Å². The van der Waals surface area contributed by atoms with E-state index < -0.39 is 150 Å². The normalized spacial score (nSPS) is 29.2. The van der Waals surface area contributed by atoms with E-state index in [9.17, 15) is 75.3 Å². The molecule has 3 heterocycles. The minimum absolute atomic E-state index is 0.0208. The summed E-state index contributed by atoms with van der Waals surface area (Å²) in [7, 11) is 0. The van der Waals surface area contributed by atoms with Crippen LogP contribution in [0.4, 0.5) is 0 Å². The molecule has 2 aromatic carbocycles. The third-order valence-corrected chi connectivity index (χ3v) is 8.61. The molecule has 3 aromatic rings. The van der Waals surface area contributed by atoms with E-state index in [2.05, 4.69) is 0 Å². The van der Waals surface area contributed by atoms with E-state index in [0.717, 1.165) is 31.2 Å². The van der Waals surface area contributed by atoms with Crippen molar-refractivity contribution in [2.45, 2.75) is 86.8 Å². The second kappa shape index (κ2) is 15.8. The zero-order valence-electron chi connectivity index (χ0n) is 28.2. The smallest absolute Gasteiger partial charge is 0.335 e. The van der Waals surface area contributed by atoms with E-state index in [0.29, 0.717) is 0 Å². The number of carboxylic acids is 2. The quantitative estimate of drug-likeness (QED) is 0.0651. The Balaban J connectivity index is 1.39. The Morgan fingerprint density at radius 3 is 2.02 bits per heavy atom. The number of hydrogen-bond donors (Lipinski definition) is 12. The monoisotopic (exact) mass is 784 g/mol. The maximum absolute atomic E-state index is 13.1. The van der Waals surface area contributed by atoms with E-state index in [1.165, 1.54) is 6.07 Å². The maximum atomic E-state index is 13.1. The summed E-state index contributed by atoms with van der Waals surface area (Å²) >= 11 is 0. The Morgan fingerprint density at radius 2 is 1.38 bits per heavy atom. The Morgan fingerprint density at radius 1 is 0.764 bits per heavy atom. The van der Waals surface area contributed by atoms with Gasteiger partial charge in [-0.3, -0.25) is 14.4 Å². The number of phenols is 3. The maximum Gasteiger partial charge on any atom is 0.335 e. The van der Waals surface area contributed by atoms with Crippen LogP contribution in [-0.4, -0.2) is 153 Å². The molecular weight excluding hydrogens is 748 g/mol. The van der Waals surface area contributed by atoms with Gasteiger partial charge in [-0.1, -0.05) is 0 Å². The van der Waals surface area contributed by atoms with Crippen LogP contribution in [0.3, 0.4) is 0 Å². The Labute approximate surface area is 306 Å². The predicted octanol–water partition coefficient (Wildman–Crippen LogP) is -2.81. The summed E-state index contributed by atoms with van der Waals surface area (Å²) in [6, 6.07) is 5.06. The Hall–Kier alpha value is -5.30. The number of benzene rings is 2. The molecule has 0 aliphatic carbocycles. The molecule has 22 nitrogen and oxygen atoms in total. The van der Waals surface area contributed by atoms with Crippen LogP contribution in [0.25, 0.3) is 22.3 Å². The molecule has 0 saturated carbocycles. The molecule has 300 valence electrons. The number of rotatable bonds is 12. The number of hydrogen-bond acceptors (Lipinski definition) is 20. The number of esters is 1. The van der Waals surface area contributed by atoms with Gasteiger partial charge in [-0.2, -0.15) is 0 Å². The van der Waals surface area contributed by atoms with Crippen molar-refractivity contribution in [3.63, 3.8) is 0 Å². The highest BCUT2D eigenvalue weighted by Gasteiger charge is 2.49. The Bertz CT molecular complexity index is 1990. The summed E-state index contributed by atoms with van der Waals surface area (Å²) in [5.41, 5.74) is -3.40. The number of aliphatic carboxylic acids is 2. The first kappa shape index (κ1) is 40.9. The minimum Gasteiger partial charge on any atom is -0.504 e. The highest BCUT2D eigenvalue weighted by atomic mass is 16.7. The molecule has 2 fully saturated rings. The van der Waals surface area contributed by atoms with Crippen molar-refractivity contribution in [3.05, 3.63) is 40.6 Å². The van der Waals surface area contributed by atoms with Crippen molar-refractivity contribution >= 4 is 28.9 Å². The molecule has 12 N–H and O–H groups in total. The summed E-state index contributed by atoms with van der Waals surface area (Å²) in [4.78, 5) is 47.8. The molecule has 22 heteroatoms. The van der Waals surface area contributed by atoms with Gasteiger partial charge in [0.05, 0.1) is 18.4 Å². The highest BCUT2D eigenvalue weighted by Crippen LogP contribution is 2.43. The third kappa shape index (κ3) is 8.67. The number of carbonyl (C=O) groups is 3. The second-order valence-electron chi connectivity index (χ2n) is 13.0. The van der Waals surface area contributed by atoms with E-state index in [1.54, 1.807) is 0 Å². The van der Waals surface area contributed by atoms with E-state index in [4.69, 9.17) is 33.2 Å². The largest absolute Gasteiger partial charge is 0.504 e. The van der Waals surface area contributed by atoms with Crippen molar-refractivity contribution in [2.24, 2.45) is 0 Å². The Kier molecular flexibility index (Phi) is 11.8. The number of phenolic OH excluding ortho intramolecular Hbond substituents is 3. The average molecular weight is 785 g/mol. The van der Waals surface area contributed by atoms with Gasteiger partial charge in [0, 0.05) is 17.7 Å². The zero-order chi connectivity index (χ0) is 40.7. The summed E-state index contributed by atoms with van der Waals surface area (Å²) in [5, 5.41) is 121. The van der Waals surface area contributed by atoms with Crippen molar-refractivity contribution in [1.29, 1.82) is 0 Å². The molecule has 0 radical (unpaired) electrons. The second-order valence-corrected chi connectivity index (χ2v) is 13.0. The lowest BCUT2D eigenvalue weighted by molar-refractivity contribution is -0.278. The van der Waals surface area contributed by atoms with Crippen LogP contribution in [0.1, 0.15) is 19.8 Å². The van der Waals surface area contributed by atoms with Gasteiger partial charge in [-0.05, 0) is 25.1 Å². The first-order chi connectivity index (χ1) is 25.7. The third-order valence-electron chi connectivity index (χ3n) is 8.61. The molecule has 1 aromatic heterocycles. The highest BCUT2D eigenvalue weighted by molar-refractivity contribution is 5.89. The molecule has 2 aliphatic rings. The van der Waals surface area contributed by atoms with E-state index >= 15 is 0 Å². The number of ether oxygens (including phenoxy) is 5. The van der Waals surface area contributed by atoms with Crippen LogP contribution in [-0.2, 0) is 28.6 Å². The number of carboxylic acid groups (broad SMARTS) is 2. The summed E-state index contributed by atoms with van der Waals surface area (Å²) in [6.45, 7) is 0.275. The van der Waals surface area contributed by atoms with Crippen LogP contribution < -0.4 is 14.9 Å². The van der Waals surface area contributed by atoms with Crippen LogP contribution in [0.15, 0.2) is 39.5 Å². The lowest BCUT2D eigenvalue weighted by Crippen LogP contribution is -2.61. The zero-order valence-corrected chi connectivity index (χ0v) is 28.2. The van der Waals surface area contributed by atoms with Gasteiger partial charge in [-0.15, -0.1) is 0 Å². The first-order valence-electron chi connectivity index (χ1n) is 16.1. The van der Waals surface area contributed by atoms with Crippen LogP contribution in [0.2, 0.25) is 0 Å². The van der Waals surface area contributed by atoms with Crippen molar-refractivity contribution in [2.75, 3.05) is 6.61 Å². The molecule has 0 bridgehead atoms. The standard InChI is InChI=1S/C33H36O22/c1-33(49,7-18(36)37)8-19(38)50-9-17-22(40)24(42)27(45)31(54-17)53-16-6-15-20(23(41)21(16)39)12(35)5-13(51-15)10-2-3-11(34)14(4-10)52-32-28(46)25(43)26(44)29(55-32)30(47)48/h2-6,17,22,24-29,31-32,34,39-46,49H,7-9H2,1H3,(H,36,37)(H,47,48). The molecule has 2 saturated heterocycles.